The maximum absolute atomic E-state index is 12.3. The van der Waals surface area contributed by atoms with Crippen LogP contribution in [-0.4, -0.2) is 23.9 Å². The van der Waals surface area contributed by atoms with Crippen molar-refractivity contribution in [1.82, 2.24) is 10.3 Å². The van der Waals surface area contributed by atoms with Gasteiger partial charge in [0, 0.05) is 10.8 Å². The van der Waals surface area contributed by atoms with Crippen molar-refractivity contribution in [3.8, 4) is 0 Å². The lowest BCUT2D eigenvalue weighted by atomic mass is 9.76. The first-order chi connectivity index (χ1) is 7.12. The first kappa shape index (κ1) is 10.8. The lowest BCUT2D eigenvalue weighted by Gasteiger charge is -2.31. The second-order valence-corrected chi connectivity index (χ2v) is 5.45. The molecule has 1 saturated heterocycles. The van der Waals surface area contributed by atoms with Crippen molar-refractivity contribution >= 4 is 17.1 Å². The normalized spacial score (nSPS) is 20.1. The van der Waals surface area contributed by atoms with Gasteiger partial charge >= 0.3 is 0 Å². The molecule has 1 aromatic heterocycles. The SMILES string of the molecule is Cc1nc(C(=O)C2(C)CCNCC2)cs1. The van der Waals surface area contributed by atoms with Gasteiger partial charge in [-0.05, 0) is 32.9 Å². The number of aryl methyl sites for hydroxylation is 1. The number of ketones is 1. The molecule has 2 rings (SSSR count). The summed E-state index contributed by atoms with van der Waals surface area (Å²) in [5.41, 5.74) is 0.452. The summed E-state index contributed by atoms with van der Waals surface area (Å²) >= 11 is 1.55. The Morgan fingerprint density at radius 3 is 2.73 bits per heavy atom. The third kappa shape index (κ3) is 2.11. The molecule has 0 unspecified atom stereocenters. The minimum Gasteiger partial charge on any atom is -0.317 e. The predicted octanol–water partition coefficient (Wildman–Crippen LogP) is 2.02. The van der Waals surface area contributed by atoms with Crippen LogP contribution >= 0.6 is 11.3 Å². The lowest BCUT2D eigenvalue weighted by Crippen LogP contribution is -2.40. The number of thiazole rings is 1. The van der Waals surface area contributed by atoms with Crippen molar-refractivity contribution in [2.45, 2.75) is 26.7 Å². The third-order valence-corrected chi connectivity index (χ3v) is 3.88. The number of hydrogen-bond donors (Lipinski definition) is 1. The number of rotatable bonds is 2. The van der Waals surface area contributed by atoms with E-state index in [9.17, 15) is 4.79 Å². The van der Waals surface area contributed by atoms with Crippen molar-refractivity contribution in [2.24, 2.45) is 5.41 Å². The molecule has 0 aliphatic carbocycles. The van der Waals surface area contributed by atoms with E-state index in [-0.39, 0.29) is 11.2 Å². The Kier molecular flexibility index (Phi) is 2.89. The van der Waals surface area contributed by atoms with Gasteiger partial charge in [0.15, 0.2) is 5.78 Å². The van der Waals surface area contributed by atoms with Gasteiger partial charge in [0.2, 0.25) is 0 Å². The summed E-state index contributed by atoms with van der Waals surface area (Å²) in [6.45, 7) is 5.87. The number of carbonyl (C=O) groups excluding carboxylic acids is 1. The van der Waals surface area contributed by atoms with E-state index < -0.39 is 0 Å². The molecular weight excluding hydrogens is 208 g/mol. The van der Waals surface area contributed by atoms with Gasteiger partial charge in [-0.3, -0.25) is 4.79 Å². The van der Waals surface area contributed by atoms with Crippen LogP contribution in [0.2, 0.25) is 0 Å². The van der Waals surface area contributed by atoms with Gasteiger partial charge in [0.05, 0.1) is 5.01 Å². The van der Waals surface area contributed by atoms with Crippen molar-refractivity contribution in [3.05, 3.63) is 16.1 Å². The van der Waals surface area contributed by atoms with E-state index in [4.69, 9.17) is 0 Å². The molecule has 0 bridgehead atoms. The third-order valence-electron chi connectivity index (χ3n) is 3.11. The van der Waals surface area contributed by atoms with Gasteiger partial charge in [-0.15, -0.1) is 11.3 Å². The number of aromatic nitrogens is 1. The molecule has 82 valence electrons. The summed E-state index contributed by atoms with van der Waals surface area (Å²) in [5.74, 6) is 0.216. The van der Waals surface area contributed by atoms with E-state index in [0.29, 0.717) is 5.69 Å². The van der Waals surface area contributed by atoms with Gasteiger partial charge in [-0.1, -0.05) is 6.92 Å². The molecule has 1 aromatic rings. The Hall–Kier alpha value is -0.740. The molecule has 0 atom stereocenters. The van der Waals surface area contributed by atoms with Crippen LogP contribution in [0.1, 0.15) is 35.3 Å². The summed E-state index contributed by atoms with van der Waals surface area (Å²) in [5, 5.41) is 6.13. The first-order valence-corrected chi connectivity index (χ1v) is 6.17. The molecule has 0 spiro atoms. The van der Waals surface area contributed by atoms with Crippen LogP contribution in [0, 0.1) is 12.3 Å². The molecule has 1 fully saturated rings. The fraction of sp³-hybridized carbons (Fsp3) is 0.636. The van der Waals surface area contributed by atoms with Gasteiger partial charge in [0.25, 0.3) is 0 Å². The zero-order valence-corrected chi connectivity index (χ0v) is 9.99. The summed E-state index contributed by atoms with van der Waals surface area (Å²) in [6.07, 6.45) is 1.84. The first-order valence-electron chi connectivity index (χ1n) is 5.29. The fourth-order valence-corrected chi connectivity index (χ4v) is 2.58. The Morgan fingerprint density at radius 2 is 2.20 bits per heavy atom. The average molecular weight is 224 g/mol. The minimum atomic E-state index is -0.203. The van der Waals surface area contributed by atoms with Gasteiger partial charge in [0.1, 0.15) is 5.69 Å². The van der Waals surface area contributed by atoms with E-state index in [1.165, 1.54) is 0 Å². The smallest absolute Gasteiger partial charge is 0.187 e. The number of carbonyl (C=O) groups is 1. The molecule has 15 heavy (non-hydrogen) atoms. The molecule has 0 radical (unpaired) electrons. The van der Waals surface area contributed by atoms with Crippen LogP contribution in [0.5, 0.6) is 0 Å². The van der Waals surface area contributed by atoms with Crippen molar-refractivity contribution < 1.29 is 4.79 Å². The monoisotopic (exact) mass is 224 g/mol. The molecule has 0 aromatic carbocycles. The maximum atomic E-state index is 12.3. The molecule has 4 heteroatoms. The summed E-state index contributed by atoms with van der Waals surface area (Å²) in [4.78, 5) is 16.5. The fourth-order valence-electron chi connectivity index (χ4n) is 1.98. The van der Waals surface area contributed by atoms with Crippen LogP contribution in [-0.2, 0) is 0 Å². The molecule has 2 heterocycles. The van der Waals surface area contributed by atoms with Gasteiger partial charge in [-0.2, -0.15) is 0 Å². The topological polar surface area (TPSA) is 42.0 Å². The van der Waals surface area contributed by atoms with Crippen molar-refractivity contribution in [3.63, 3.8) is 0 Å². The number of nitrogens with one attached hydrogen (secondary N) is 1. The minimum absolute atomic E-state index is 0.203. The average Bonchev–Trinajstić information content (AvgIpc) is 2.65. The summed E-state index contributed by atoms with van der Waals surface area (Å²) in [6, 6.07) is 0. The maximum Gasteiger partial charge on any atom is 0.187 e. The molecule has 0 amide bonds. The summed E-state index contributed by atoms with van der Waals surface area (Å²) in [7, 11) is 0. The van der Waals surface area contributed by atoms with E-state index in [0.717, 1.165) is 30.9 Å². The largest absolute Gasteiger partial charge is 0.317 e. The second kappa shape index (κ2) is 4.02. The number of hydrogen-bond acceptors (Lipinski definition) is 4. The standard InChI is InChI=1S/C11H16N2OS/c1-8-13-9(7-15-8)10(14)11(2)3-5-12-6-4-11/h7,12H,3-6H2,1-2H3. The predicted molar refractivity (Wildman–Crippen MR) is 61.4 cm³/mol. The van der Waals surface area contributed by atoms with E-state index >= 15 is 0 Å². The zero-order valence-electron chi connectivity index (χ0n) is 9.17. The number of Topliss-reactive ketones (excluding diaryl/α,β-unsaturated/α-hetero) is 1. The Bertz CT molecular complexity index is 366. The van der Waals surface area contributed by atoms with Crippen molar-refractivity contribution in [2.75, 3.05) is 13.1 Å². The van der Waals surface area contributed by atoms with Crippen LogP contribution in [0.4, 0.5) is 0 Å². The van der Waals surface area contributed by atoms with Gasteiger partial charge in [-0.25, -0.2) is 4.98 Å². The van der Waals surface area contributed by atoms with Crippen LogP contribution in [0.25, 0.3) is 0 Å². The molecule has 1 aliphatic heterocycles. The highest BCUT2D eigenvalue weighted by molar-refractivity contribution is 7.09. The molecule has 3 nitrogen and oxygen atoms in total. The zero-order chi connectivity index (χ0) is 10.9. The molecule has 1 aliphatic rings. The van der Waals surface area contributed by atoms with Crippen LogP contribution in [0.3, 0.4) is 0 Å². The number of nitrogens with zero attached hydrogens (tertiary/aromatic N) is 1. The quantitative estimate of drug-likeness (QED) is 0.781. The molecule has 1 N–H and O–H groups in total. The van der Waals surface area contributed by atoms with E-state index in [2.05, 4.69) is 17.2 Å². The Balaban J connectivity index is 2.19. The van der Waals surface area contributed by atoms with E-state index in [1.54, 1.807) is 11.3 Å². The van der Waals surface area contributed by atoms with E-state index in [1.807, 2.05) is 12.3 Å². The highest BCUT2D eigenvalue weighted by Gasteiger charge is 2.36. The van der Waals surface area contributed by atoms with Crippen molar-refractivity contribution in [1.29, 1.82) is 0 Å². The summed E-state index contributed by atoms with van der Waals surface area (Å²) < 4.78 is 0. The van der Waals surface area contributed by atoms with Crippen LogP contribution < -0.4 is 5.32 Å². The Labute approximate surface area is 93.9 Å². The van der Waals surface area contributed by atoms with Gasteiger partial charge < -0.3 is 5.32 Å². The molecular formula is C11H16N2OS. The highest BCUT2D eigenvalue weighted by Crippen LogP contribution is 2.32. The second-order valence-electron chi connectivity index (χ2n) is 4.39. The lowest BCUT2D eigenvalue weighted by molar-refractivity contribution is 0.0757. The Morgan fingerprint density at radius 1 is 1.53 bits per heavy atom. The molecule has 0 saturated carbocycles. The highest BCUT2D eigenvalue weighted by atomic mass is 32.1. The van der Waals surface area contributed by atoms with Crippen LogP contribution in [0.15, 0.2) is 5.38 Å². The number of piperidine rings is 1.